The Bertz CT molecular complexity index is 716. The Morgan fingerprint density at radius 3 is 2.77 bits per heavy atom. The van der Waals surface area contributed by atoms with E-state index < -0.39 is 23.6 Å². The number of nitriles is 1. The normalized spacial score (nSPS) is 13.0. The first-order valence-corrected chi connectivity index (χ1v) is 6.86. The van der Waals surface area contributed by atoms with Gasteiger partial charge in [0.25, 0.3) is 0 Å². The number of hydrogen-bond acceptors (Lipinski definition) is 4. The van der Waals surface area contributed by atoms with Crippen molar-refractivity contribution in [3.63, 3.8) is 0 Å². The molecule has 0 bridgehead atoms. The molecular weight excluding hydrogens is 307 g/mol. The quantitative estimate of drug-likeness (QED) is 0.846. The van der Waals surface area contributed by atoms with Crippen molar-refractivity contribution < 1.29 is 13.9 Å². The molecule has 6 heteroatoms. The molecule has 0 spiro atoms. The average molecular weight is 319 g/mol. The molecule has 112 valence electrons. The zero-order valence-electron chi connectivity index (χ0n) is 11.7. The maximum absolute atomic E-state index is 13.0. The molecule has 0 fully saturated rings. The van der Waals surface area contributed by atoms with Crippen molar-refractivity contribution in [2.24, 2.45) is 0 Å². The molecule has 0 saturated heterocycles. The van der Waals surface area contributed by atoms with Gasteiger partial charge >= 0.3 is 0 Å². The standard InChI is InChI=1S/C16H12ClFN2O2/c1-10(22-15-6-5-11(18)8-13(15)17)16(21)12(9-19)14-4-2-3-7-20-14/h2-8,10,12H,1H3/t10-,12-/m1/s1. The van der Waals surface area contributed by atoms with E-state index in [0.717, 1.165) is 6.07 Å². The number of nitrogens with zero attached hydrogens (tertiary/aromatic N) is 2. The van der Waals surface area contributed by atoms with Gasteiger partial charge in [-0.15, -0.1) is 0 Å². The van der Waals surface area contributed by atoms with E-state index in [0.29, 0.717) is 5.69 Å². The first-order chi connectivity index (χ1) is 10.5. The van der Waals surface area contributed by atoms with Crippen molar-refractivity contribution >= 4 is 17.4 Å². The third kappa shape index (κ3) is 3.60. The summed E-state index contributed by atoms with van der Waals surface area (Å²) in [7, 11) is 0. The highest BCUT2D eigenvalue weighted by Crippen LogP contribution is 2.27. The van der Waals surface area contributed by atoms with E-state index in [4.69, 9.17) is 16.3 Å². The van der Waals surface area contributed by atoms with E-state index in [2.05, 4.69) is 4.98 Å². The van der Waals surface area contributed by atoms with Crippen LogP contribution in [0.1, 0.15) is 18.5 Å². The highest BCUT2D eigenvalue weighted by Gasteiger charge is 2.28. The Balaban J connectivity index is 2.16. The number of carbonyl (C=O) groups is 1. The molecule has 2 atom stereocenters. The molecule has 0 amide bonds. The second-order valence-corrected chi connectivity index (χ2v) is 4.96. The largest absolute Gasteiger partial charge is 0.481 e. The maximum atomic E-state index is 13.0. The van der Waals surface area contributed by atoms with Crippen LogP contribution in [-0.2, 0) is 4.79 Å². The van der Waals surface area contributed by atoms with E-state index in [-0.39, 0.29) is 10.8 Å². The van der Waals surface area contributed by atoms with Gasteiger partial charge in [-0.25, -0.2) is 4.39 Å². The fourth-order valence-electron chi connectivity index (χ4n) is 1.88. The van der Waals surface area contributed by atoms with Gasteiger partial charge in [-0.1, -0.05) is 17.7 Å². The van der Waals surface area contributed by atoms with Gasteiger partial charge in [0.2, 0.25) is 0 Å². The van der Waals surface area contributed by atoms with E-state index >= 15 is 0 Å². The molecule has 1 aromatic carbocycles. The minimum atomic E-state index is -1.03. The van der Waals surface area contributed by atoms with Gasteiger partial charge in [0.1, 0.15) is 11.6 Å². The number of halogens is 2. The van der Waals surface area contributed by atoms with Crippen LogP contribution >= 0.6 is 11.6 Å². The summed E-state index contributed by atoms with van der Waals surface area (Å²) < 4.78 is 18.4. The molecule has 0 aliphatic heterocycles. The summed E-state index contributed by atoms with van der Waals surface area (Å²) in [6.07, 6.45) is 0.588. The smallest absolute Gasteiger partial charge is 0.196 e. The molecule has 4 nitrogen and oxygen atoms in total. The minimum absolute atomic E-state index is 0.0611. The minimum Gasteiger partial charge on any atom is -0.481 e. The summed E-state index contributed by atoms with van der Waals surface area (Å²) in [4.78, 5) is 16.4. The lowest BCUT2D eigenvalue weighted by Gasteiger charge is -2.17. The van der Waals surface area contributed by atoms with Crippen LogP contribution in [0.25, 0.3) is 0 Å². The second kappa shape index (κ2) is 7.01. The van der Waals surface area contributed by atoms with Crippen LogP contribution in [0.15, 0.2) is 42.6 Å². The van der Waals surface area contributed by atoms with Crippen molar-refractivity contribution in [2.75, 3.05) is 0 Å². The molecule has 22 heavy (non-hydrogen) atoms. The number of carbonyl (C=O) groups excluding carboxylic acids is 1. The van der Waals surface area contributed by atoms with Crippen molar-refractivity contribution in [2.45, 2.75) is 18.9 Å². The number of Topliss-reactive ketones (excluding diaryl/α,β-unsaturated/α-hetero) is 1. The monoisotopic (exact) mass is 318 g/mol. The highest BCUT2D eigenvalue weighted by atomic mass is 35.5. The van der Waals surface area contributed by atoms with Crippen LogP contribution < -0.4 is 4.74 Å². The van der Waals surface area contributed by atoms with Gasteiger partial charge in [0, 0.05) is 6.20 Å². The Kier molecular flexibility index (Phi) is 5.08. The first kappa shape index (κ1) is 15.9. The van der Waals surface area contributed by atoms with Gasteiger partial charge in [-0.05, 0) is 37.3 Å². The third-order valence-corrected chi connectivity index (χ3v) is 3.29. The van der Waals surface area contributed by atoms with Gasteiger partial charge in [-0.2, -0.15) is 5.26 Å². The zero-order chi connectivity index (χ0) is 16.1. The molecule has 0 saturated carbocycles. The number of hydrogen-bond donors (Lipinski definition) is 0. The molecule has 1 aromatic heterocycles. The van der Waals surface area contributed by atoms with Crippen molar-refractivity contribution in [3.8, 4) is 11.8 Å². The predicted octanol–water partition coefficient (Wildman–Crippen LogP) is 3.52. The maximum Gasteiger partial charge on any atom is 0.196 e. The summed E-state index contributed by atoms with van der Waals surface area (Å²) in [5, 5.41) is 9.27. The molecule has 0 aliphatic rings. The Morgan fingerprint density at radius 1 is 1.41 bits per heavy atom. The number of pyridine rings is 1. The van der Waals surface area contributed by atoms with Gasteiger partial charge < -0.3 is 4.74 Å². The molecule has 2 aromatic rings. The van der Waals surface area contributed by atoms with Crippen molar-refractivity contribution in [3.05, 3.63) is 59.1 Å². The van der Waals surface area contributed by atoms with Gasteiger partial charge in [0.05, 0.1) is 16.8 Å². The Labute approximate surface area is 132 Å². The van der Waals surface area contributed by atoms with Crippen molar-refractivity contribution in [1.29, 1.82) is 5.26 Å². The summed E-state index contributed by atoms with van der Waals surface area (Å²) in [5.74, 6) is -1.79. The van der Waals surface area contributed by atoms with Crippen LogP contribution in [0, 0.1) is 17.1 Å². The lowest BCUT2D eigenvalue weighted by Crippen LogP contribution is -2.29. The van der Waals surface area contributed by atoms with E-state index in [1.54, 1.807) is 18.2 Å². The summed E-state index contributed by atoms with van der Waals surface area (Å²) in [5.41, 5.74) is 0.357. The summed E-state index contributed by atoms with van der Waals surface area (Å²) in [6.45, 7) is 1.51. The third-order valence-electron chi connectivity index (χ3n) is 3.00. The SMILES string of the molecule is C[C@@H](Oc1ccc(F)cc1Cl)C(=O)[C@H](C#N)c1ccccn1. The van der Waals surface area contributed by atoms with E-state index in [1.807, 2.05) is 6.07 Å². The molecule has 0 radical (unpaired) electrons. The van der Waals surface area contributed by atoms with Crippen LogP contribution in [-0.4, -0.2) is 16.9 Å². The average Bonchev–Trinajstić information content (AvgIpc) is 2.51. The Hall–Kier alpha value is -2.45. The summed E-state index contributed by atoms with van der Waals surface area (Å²) in [6, 6.07) is 10.5. The second-order valence-electron chi connectivity index (χ2n) is 4.55. The van der Waals surface area contributed by atoms with E-state index in [9.17, 15) is 14.4 Å². The van der Waals surface area contributed by atoms with Crippen LogP contribution in [0.5, 0.6) is 5.75 Å². The van der Waals surface area contributed by atoms with Crippen molar-refractivity contribution in [1.82, 2.24) is 4.98 Å². The molecule has 1 heterocycles. The molecule has 2 rings (SSSR count). The topological polar surface area (TPSA) is 63.0 Å². The fraction of sp³-hybridized carbons (Fsp3) is 0.188. The number of ether oxygens (including phenoxy) is 1. The van der Waals surface area contributed by atoms with Crippen LogP contribution in [0.4, 0.5) is 4.39 Å². The Morgan fingerprint density at radius 2 is 2.18 bits per heavy atom. The zero-order valence-corrected chi connectivity index (χ0v) is 12.4. The number of aromatic nitrogens is 1. The fourth-order valence-corrected chi connectivity index (χ4v) is 2.09. The molecular formula is C16H12ClFN2O2. The van der Waals surface area contributed by atoms with Gasteiger partial charge in [-0.3, -0.25) is 9.78 Å². The number of benzene rings is 1. The molecule has 0 N–H and O–H groups in total. The highest BCUT2D eigenvalue weighted by molar-refractivity contribution is 6.32. The number of rotatable bonds is 5. The van der Waals surface area contributed by atoms with E-state index in [1.165, 1.54) is 25.3 Å². The molecule has 0 unspecified atom stereocenters. The lowest BCUT2D eigenvalue weighted by molar-refractivity contribution is -0.125. The number of ketones is 1. The lowest BCUT2D eigenvalue weighted by atomic mass is 9.98. The van der Waals surface area contributed by atoms with Crippen LogP contribution in [0.3, 0.4) is 0 Å². The van der Waals surface area contributed by atoms with Crippen LogP contribution in [0.2, 0.25) is 5.02 Å². The van der Waals surface area contributed by atoms with Gasteiger partial charge in [0.15, 0.2) is 17.8 Å². The molecule has 0 aliphatic carbocycles. The predicted molar refractivity (Wildman–Crippen MR) is 79.1 cm³/mol. The first-order valence-electron chi connectivity index (χ1n) is 6.49. The summed E-state index contributed by atoms with van der Waals surface area (Å²) >= 11 is 5.86.